The summed E-state index contributed by atoms with van der Waals surface area (Å²) in [4.78, 5) is 25.4. The van der Waals surface area contributed by atoms with E-state index in [1.165, 1.54) is 12.1 Å². The number of carbonyl (C=O) groups excluding carboxylic acids is 1. The number of hydrogen-bond donors (Lipinski definition) is 3. The highest BCUT2D eigenvalue weighted by Crippen LogP contribution is 2.28. The van der Waals surface area contributed by atoms with Crippen molar-refractivity contribution in [1.82, 2.24) is 10.2 Å². The molecule has 1 saturated carbocycles. The molecule has 0 saturated heterocycles. The zero-order chi connectivity index (χ0) is 20.8. The van der Waals surface area contributed by atoms with Gasteiger partial charge in [0, 0.05) is 12.1 Å². The average Bonchev–Trinajstić information content (AvgIpc) is 2.68. The van der Waals surface area contributed by atoms with Crippen molar-refractivity contribution in [3.8, 4) is 11.5 Å². The van der Waals surface area contributed by atoms with E-state index in [-0.39, 0.29) is 35.8 Å². The van der Waals surface area contributed by atoms with Crippen LogP contribution in [0.1, 0.15) is 35.7 Å². The molecule has 0 bridgehead atoms. The second kappa shape index (κ2) is 9.43. The minimum atomic E-state index is -0.850. The minimum absolute atomic E-state index is 0.00339. The van der Waals surface area contributed by atoms with Crippen molar-refractivity contribution in [2.45, 2.75) is 38.5 Å². The Morgan fingerprint density at radius 1 is 1.17 bits per heavy atom. The van der Waals surface area contributed by atoms with Crippen molar-refractivity contribution >= 4 is 11.9 Å². The van der Waals surface area contributed by atoms with Crippen molar-refractivity contribution in [2.24, 2.45) is 0 Å². The number of carboxylic acid groups (broad SMARTS) is 1. The first-order valence-electron chi connectivity index (χ1n) is 9.72. The van der Waals surface area contributed by atoms with E-state index in [1.807, 2.05) is 42.2 Å². The molecule has 1 fully saturated rings. The van der Waals surface area contributed by atoms with Gasteiger partial charge in [0.15, 0.2) is 0 Å². The summed E-state index contributed by atoms with van der Waals surface area (Å²) in [6.45, 7) is 2.95. The maximum absolute atomic E-state index is 12.6. The molecule has 29 heavy (non-hydrogen) atoms. The molecule has 0 spiro atoms. The molecule has 0 heterocycles. The van der Waals surface area contributed by atoms with Crippen LogP contribution in [0.4, 0.5) is 0 Å². The van der Waals surface area contributed by atoms with Gasteiger partial charge in [-0.2, -0.15) is 0 Å². The van der Waals surface area contributed by atoms with Gasteiger partial charge in [-0.15, -0.1) is 0 Å². The smallest absolute Gasteiger partial charge is 0.317 e. The van der Waals surface area contributed by atoms with Gasteiger partial charge >= 0.3 is 5.97 Å². The lowest BCUT2D eigenvalue weighted by Crippen LogP contribution is -2.54. The molecule has 2 aromatic rings. The summed E-state index contributed by atoms with van der Waals surface area (Å²) in [7, 11) is 0. The lowest BCUT2D eigenvalue weighted by molar-refractivity contribution is -0.139. The van der Waals surface area contributed by atoms with E-state index in [4.69, 9.17) is 9.84 Å². The van der Waals surface area contributed by atoms with Crippen molar-refractivity contribution < 1.29 is 24.5 Å². The van der Waals surface area contributed by atoms with E-state index in [0.29, 0.717) is 31.7 Å². The molecule has 3 rings (SSSR count). The normalized spacial score (nSPS) is 18.1. The predicted octanol–water partition coefficient (Wildman–Crippen LogP) is 2.64. The van der Waals surface area contributed by atoms with E-state index in [2.05, 4.69) is 5.32 Å². The van der Waals surface area contributed by atoms with Gasteiger partial charge < -0.3 is 20.3 Å². The van der Waals surface area contributed by atoms with Crippen LogP contribution < -0.4 is 10.1 Å². The Kier molecular flexibility index (Phi) is 6.72. The number of nitrogens with zero attached hydrogens (tertiary/aromatic N) is 1. The van der Waals surface area contributed by atoms with Crippen LogP contribution in [-0.4, -0.2) is 52.2 Å². The van der Waals surface area contributed by atoms with Crippen LogP contribution in [0.5, 0.6) is 11.5 Å². The number of aromatic hydroxyl groups is 1. The Hall–Kier alpha value is -3.06. The highest BCUT2D eigenvalue weighted by Gasteiger charge is 2.35. The lowest BCUT2D eigenvalue weighted by Gasteiger charge is -2.42. The Balaban J connectivity index is 1.55. The fourth-order valence-corrected chi connectivity index (χ4v) is 3.47. The van der Waals surface area contributed by atoms with Gasteiger partial charge in [0.1, 0.15) is 18.1 Å². The molecule has 1 amide bonds. The molecular weight excluding hydrogens is 372 g/mol. The average molecular weight is 398 g/mol. The van der Waals surface area contributed by atoms with Crippen LogP contribution in [0.3, 0.4) is 0 Å². The SMILES string of the molecule is CCN(CC(=O)O)C1CC(NC(=O)c2cc(OCc3ccccc3)ccc2O)C1. The van der Waals surface area contributed by atoms with Crippen molar-refractivity contribution in [1.29, 1.82) is 0 Å². The highest BCUT2D eigenvalue weighted by molar-refractivity contribution is 5.97. The molecule has 3 N–H and O–H groups in total. The van der Waals surface area contributed by atoms with Crippen molar-refractivity contribution in [3.05, 3.63) is 59.7 Å². The number of phenols is 1. The lowest BCUT2D eigenvalue weighted by atomic mass is 9.85. The van der Waals surface area contributed by atoms with Gasteiger partial charge in [-0.1, -0.05) is 37.3 Å². The minimum Gasteiger partial charge on any atom is -0.507 e. The molecule has 0 aliphatic heterocycles. The van der Waals surface area contributed by atoms with Gasteiger partial charge in [-0.25, -0.2) is 0 Å². The standard InChI is InChI=1S/C22H26N2O5/c1-2-24(13-21(26)27)17-10-16(11-17)23-22(28)19-12-18(8-9-20(19)25)29-14-15-6-4-3-5-7-15/h3-9,12,16-17,25H,2,10-11,13-14H2,1H3,(H,23,28)(H,26,27). The molecule has 0 atom stereocenters. The second-order valence-electron chi connectivity index (χ2n) is 7.21. The van der Waals surface area contributed by atoms with E-state index in [1.54, 1.807) is 6.07 Å². The number of likely N-dealkylation sites (N-methyl/N-ethyl adjacent to an activating group) is 1. The number of ether oxygens (including phenoxy) is 1. The zero-order valence-electron chi connectivity index (χ0n) is 16.4. The number of carboxylic acids is 1. The monoisotopic (exact) mass is 398 g/mol. The number of hydrogen-bond acceptors (Lipinski definition) is 5. The molecule has 7 heteroatoms. The number of amides is 1. The second-order valence-corrected chi connectivity index (χ2v) is 7.21. The first kappa shape index (κ1) is 20.7. The van der Waals surface area contributed by atoms with Crippen LogP contribution in [0, 0.1) is 0 Å². The van der Waals surface area contributed by atoms with Crippen LogP contribution in [-0.2, 0) is 11.4 Å². The van der Waals surface area contributed by atoms with Crippen molar-refractivity contribution in [2.75, 3.05) is 13.1 Å². The van der Waals surface area contributed by atoms with Gasteiger partial charge in [-0.05, 0) is 43.1 Å². The Morgan fingerprint density at radius 3 is 2.55 bits per heavy atom. The quantitative estimate of drug-likeness (QED) is 0.601. The number of rotatable bonds is 9. The van der Waals surface area contributed by atoms with Gasteiger partial charge in [0.05, 0.1) is 12.1 Å². The third-order valence-corrected chi connectivity index (χ3v) is 5.17. The largest absolute Gasteiger partial charge is 0.507 e. The molecule has 7 nitrogen and oxygen atoms in total. The molecule has 154 valence electrons. The van der Waals surface area contributed by atoms with Crippen molar-refractivity contribution in [3.63, 3.8) is 0 Å². The van der Waals surface area contributed by atoms with Crippen LogP contribution in [0.2, 0.25) is 0 Å². The third kappa shape index (κ3) is 5.48. The van der Waals surface area contributed by atoms with Gasteiger partial charge in [-0.3, -0.25) is 14.5 Å². The van der Waals surface area contributed by atoms with E-state index >= 15 is 0 Å². The summed E-state index contributed by atoms with van der Waals surface area (Å²) in [6.07, 6.45) is 1.38. The first-order chi connectivity index (χ1) is 14.0. The Morgan fingerprint density at radius 2 is 1.90 bits per heavy atom. The Labute approximate surface area is 169 Å². The summed E-state index contributed by atoms with van der Waals surface area (Å²) < 4.78 is 5.73. The number of benzene rings is 2. The maximum Gasteiger partial charge on any atom is 0.317 e. The van der Waals surface area contributed by atoms with E-state index in [9.17, 15) is 14.7 Å². The molecule has 2 aromatic carbocycles. The number of aliphatic carboxylic acids is 1. The number of phenolic OH excluding ortho intramolecular Hbond substituents is 1. The predicted molar refractivity (Wildman–Crippen MR) is 108 cm³/mol. The topological polar surface area (TPSA) is 99.1 Å². The molecule has 1 aliphatic rings. The first-order valence-corrected chi connectivity index (χ1v) is 9.72. The molecular formula is C22H26N2O5. The molecule has 0 radical (unpaired) electrons. The summed E-state index contributed by atoms with van der Waals surface area (Å²) >= 11 is 0. The summed E-state index contributed by atoms with van der Waals surface area (Å²) in [6, 6.07) is 14.4. The van der Waals surface area contributed by atoms with Gasteiger partial charge in [0.25, 0.3) is 5.91 Å². The molecule has 1 aliphatic carbocycles. The fraction of sp³-hybridized carbons (Fsp3) is 0.364. The molecule has 0 unspecified atom stereocenters. The van der Waals surface area contributed by atoms with Crippen LogP contribution >= 0.6 is 0 Å². The van der Waals surface area contributed by atoms with Crippen LogP contribution in [0.25, 0.3) is 0 Å². The fourth-order valence-electron chi connectivity index (χ4n) is 3.47. The number of nitrogens with one attached hydrogen (secondary N) is 1. The summed E-state index contributed by atoms with van der Waals surface area (Å²) in [5, 5.41) is 22.0. The summed E-state index contributed by atoms with van der Waals surface area (Å²) in [5.41, 5.74) is 1.17. The number of carbonyl (C=O) groups is 2. The molecule has 0 aromatic heterocycles. The van der Waals surface area contributed by atoms with Crippen LogP contribution in [0.15, 0.2) is 48.5 Å². The third-order valence-electron chi connectivity index (χ3n) is 5.17. The van der Waals surface area contributed by atoms with Gasteiger partial charge in [0.2, 0.25) is 0 Å². The Bertz CT molecular complexity index is 850. The zero-order valence-corrected chi connectivity index (χ0v) is 16.4. The van der Waals surface area contributed by atoms with E-state index in [0.717, 1.165) is 5.56 Å². The van der Waals surface area contributed by atoms with E-state index < -0.39 is 5.97 Å². The maximum atomic E-state index is 12.6. The summed E-state index contributed by atoms with van der Waals surface area (Å²) in [5.74, 6) is -0.817. The highest BCUT2D eigenvalue weighted by atomic mass is 16.5.